The lowest BCUT2D eigenvalue weighted by Gasteiger charge is -2.44. The molecule has 4 amide bonds. The molecule has 6 heteroatoms. The highest BCUT2D eigenvalue weighted by molar-refractivity contribution is 6.22. The Morgan fingerprint density at radius 1 is 1.16 bits per heavy atom. The van der Waals surface area contributed by atoms with Crippen molar-refractivity contribution in [3.63, 3.8) is 0 Å². The molecule has 0 aromatic rings. The Kier molecular flexibility index (Phi) is 3.89. The van der Waals surface area contributed by atoms with Gasteiger partial charge >= 0.3 is 6.03 Å². The molecule has 2 aliphatic rings. The monoisotopic (exact) mass is 267 g/mol. The minimum Gasteiger partial charge on any atom is -0.282 e. The maximum atomic E-state index is 12.7. The number of barbiturate groups is 1. The molecule has 19 heavy (non-hydrogen) atoms. The van der Waals surface area contributed by atoms with Gasteiger partial charge in [0.25, 0.3) is 11.8 Å². The van der Waals surface area contributed by atoms with Gasteiger partial charge in [0, 0.05) is 6.54 Å². The molecule has 106 valence electrons. The van der Waals surface area contributed by atoms with Crippen LogP contribution in [0, 0.1) is 0 Å². The molecule has 2 aliphatic heterocycles. The number of likely N-dealkylation sites (tertiary alicyclic amines) is 1. The van der Waals surface area contributed by atoms with Crippen LogP contribution in [0.25, 0.3) is 0 Å². The molecular weight excluding hydrogens is 246 g/mol. The Morgan fingerprint density at radius 3 is 2.32 bits per heavy atom. The highest BCUT2D eigenvalue weighted by Crippen LogP contribution is 2.31. The molecule has 0 unspecified atom stereocenters. The predicted molar refractivity (Wildman–Crippen MR) is 69.4 cm³/mol. The van der Waals surface area contributed by atoms with Gasteiger partial charge in [-0.2, -0.15) is 0 Å². The van der Waals surface area contributed by atoms with Gasteiger partial charge in [-0.05, 0) is 39.3 Å². The molecular formula is C13H21N3O3. The molecule has 0 aromatic heterocycles. The van der Waals surface area contributed by atoms with Crippen molar-refractivity contribution in [2.45, 2.75) is 45.1 Å². The van der Waals surface area contributed by atoms with Gasteiger partial charge in [-0.15, -0.1) is 0 Å². The average molecular weight is 267 g/mol. The first-order chi connectivity index (χ1) is 9.07. The summed E-state index contributed by atoms with van der Waals surface area (Å²) in [5, 5.41) is 2.35. The number of likely N-dealkylation sites (N-methyl/N-ethyl adjacent to an activating group) is 1. The maximum absolute atomic E-state index is 12.7. The lowest BCUT2D eigenvalue weighted by molar-refractivity contribution is -0.154. The number of imide groups is 2. The van der Waals surface area contributed by atoms with Crippen LogP contribution in [-0.4, -0.2) is 52.8 Å². The van der Waals surface area contributed by atoms with Gasteiger partial charge in [0.2, 0.25) is 0 Å². The van der Waals surface area contributed by atoms with E-state index < -0.39 is 17.5 Å². The second-order valence-corrected chi connectivity index (χ2v) is 5.11. The highest BCUT2D eigenvalue weighted by Gasteiger charge is 2.56. The van der Waals surface area contributed by atoms with Crippen molar-refractivity contribution in [2.24, 2.45) is 0 Å². The molecule has 0 spiro atoms. The molecule has 2 rings (SSSR count). The molecule has 0 aromatic carbocycles. The zero-order chi connectivity index (χ0) is 14.0. The lowest BCUT2D eigenvalue weighted by Crippen LogP contribution is -2.73. The molecule has 1 atom stereocenters. The minimum absolute atomic E-state index is 0.289. The normalized spacial score (nSPS) is 28.9. The van der Waals surface area contributed by atoms with Crippen molar-refractivity contribution in [3.8, 4) is 0 Å². The second kappa shape index (κ2) is 5.28. The molecule has 0 bridgehead atoms. The number of carbonyl (C=O) groups excluding carboxylic acids is 3. The van der Waals surface area contributed by atoms with Crippen LogP contribution in [-0.2, 0) is 9.59 Å². The summed E-state index contributed by atoms with van der Waals surface area (Å²) in [7, 11) is 0. The van der Waals surface area contributed by atoms with Gasteiger partial charge in [-0.3, -0.25) is 24.7 Å². The molecule has 2 fully saturated rings. The van der Waals surface area contributed by atoms with Crippen molar-refractivity contribution >= 4 is 17.8 Å². The minimum atomic E-state index is -1.17. The Hall–Kier alpha value is -1.43. The Labute approximate surface area is 113 Å². The van der Waals surface area contributed by atoms with Crippen LogP contribution in [0.3, 0.4) is 0 Å². The predicted octanol–water partition coefficient (Wildman–Crippen LogP) is 0.719. The van der Waals surface area contributed by atoms with E-state index in [1.807, 2.05) is 11.8 Å². The summed E-state index contributed by atoms with van der Waals surface area (Å²) < 4.78 is 0. The topological polar surface area (TPSA) is 69.7 Å². The fraction of sp³-hybridized carbons (Fsp3) is 0.769. The molecule has 2 heterocycles. The van der Waals surface area contributed by atoms with Crippen LogP contribution in [0.2, 0.25) is 0 Å². The summed E-state index contributed by atoms with van der Waals surface area (Å²) in [5.74, 6) is -0.802. The fourth-order valence-corrected chi connectivity index (χ4v) is 3.09. The van der Waals surface area contributed by atoms with Gasteiger partial charge in [-0.1, -0.05) is 13.3 Å². The molecule has 6 nitrogen and oxygen atoms in total. The third kappa shape index (κ3) is 2.04. The summed E-state index contributed by atoms with van der Waals surface area (Å²) in [6, 6.07) is -0.594. The quantitative estimate of drug-likeness (QED) is 0.762. The number of hydrogen-bond acceptors (Lipinski definition) is 4. The zero-order valence-electron chi connectivity index (χ0n) is 11.6. The first-order valence-corrected chi connectivity index (χ1v) is 7.00. The molecule has 0 saturated carbocycles. The van der Waals surface area contributed by atoms with E-state index >= 15 is 0 Å². The van der Waals surface area contributed by atoms with Gasteiger partial charge in [0.15, 0.2) is 5.54 Å². The van der Waals surface area contributed by atoms with Crippen LogP contribution >= 0.6 is 0 Å². The van der Waals surface area contributed by atoms with Gasteiger partial charge in [0.05, 0.1) is 0 Å². The summed E-state index contributed by atoms with van der Waals surface area (Å²) in [6.45, 7) is 5.46. The number of nitrogens with zero attached hydrogens (tertiary/aromatic N) is 2. The molecule has 0 radical (unpaired) electrons. The van der Waals surface area contributed by atoms with E-state index in [0.717, 1.165) is 37.3 Å². The van der Waals surface area contributed by atoms with Gasteiger partial charge in [0.1, 0.15) is 0 Å². The first-order valence-electron chi connectivity index (χ1n) is 7.00. The van der Waals surface area contributed by atoms with Crippen molar-refractivity contribution in [2.75, 3.05) is 19.6 Å². The Balaban J connectivity index is 2.41. The summed E-state index contributed by atoms with van der Waals surface area (Å²) in [6.07, 6.45) is 3.17. The van der Waals surface area contributed by atoms with Crippen LogP contribution < -0.4 is 5.32 Å². The van der Waals surface area contributed by atoms with E-state index in [0.29, 0.717) is 6.42 Å². The fourth-order valence-electron chi connectivity index (χ4n) is 3.09. The summed E-state index contributed by atoms with van der Waals surface area (Å²) >= 11 is 0. The number of hydrogen-bond donors (Lipinski definition) is 1. The number of urea groups is 1. The third-order valence-corrected chi connectivity index (χ3v) is 4.01. The number of rotatable bonds is 4. The van der Waals surface area contributed by atoms with E-state index in [1.165, 1.54) is 0 Å². The molecule has 1 N–H and O–H groups in total. The highest BCUT2D eigenvalue weighted by atomic mass is 16.2. The number of nitrogens with one attached hydrogen (secondary N) is 1. The van der Waals surface area contributed by atoms with Crippen LogP contribution in [0.1, 0.15) is 39.5 Å². The largest absolute Gasteiger partial charge is 0.330 e. The summed E-state index contributed by atoms with van der Waals surface area (Å²) in [5.41, 5.74) is -1.17. The summed E-state index contributed by atoms with van der Waals surface area (Å²) in [4.78, 5) is 39.8. The SMILES string of the molecule is CCC[C@]1(N2CCCC2)C(=O)NC(=O)N(CC)C1=O. The number of carbonyl (C=O) groups is 3. The van der Waals surface area contributed by atoms with Gasteiger partial charge in [-0.25, -0.2) is 4.79 Å². The standard InChI is InChI=1S/C13H21N3O3/c1-3-7-13(15-8-5-6-9-15)10(17)14-12(19)16(4-2)11(13)18/h3-9H2,1-2H3,(H,14,17,19)/t13-/m0/s1. The average Bonchev–Trinajstić information content (AvgIpc) is 2.89. The Morgan fingerprint density at radius 2 is 1.79 bits per heavy atom. The third-order valence-electron chi connectivity index (χ3n) is 4.01. The van der Waals surface area contributed by atoms with Crippen LogP contribution in [0.4, 0.5) is 4.79 Å². The first kappa shape index (κ1) is 14.0. The van der Waals surface area contributed by atoms with Crippen molar-refractivity contribution in [1.82, 2.24) is 15.1 Å². The Bertz CT molecular complexity index is 404. The van der Waals surface area contributed by atoms with Crippen molar-refractivity contribution < 1.29 is 14.4 Å². The van der Waals surface area contributed by atoms with Crippen LogP contribution in [0.5, 0.6) is 0 Å². The molecule has 0 aliphatic carbocycles. The van der Waals surface area contributed by atoms with E-state index in [4.69, 9.17) is 0 Å². The number of amides is 4. The smallest absolute Gasteiger partial charge is 0.282 e. The van der Waals surface area contributed by atoms with Crippen molar-refractivity contribution in [1.29, 1.82) is 0 Å². The van der Waals surface area contributed by atoms with E-state index in [9.17, 15) is 14.4 Å². The van der Waals surface area contributed by atoms with Gasteiger partial charge < -0.3 is 0 Å². The maximum Gasteiger partial charge on any atom is 0.330 e. The zero-order valence-corrected chi connectivity index (χ0v) is 11.6. The second-order valence-electron chi connectivity index (χ2n) is 5.11. The molecule has 2 saturated heterocycles. The van der Waals surface area contributed by atoms with Crippen LogP contribution in [0.15, 0.2) is 0 Å². The van der Waals surface area contributed by atoms with E-state index in [1.54, 1.807) is 6.92 Å². The lowest BCUT2D eigenvalue weighted by atomic mass is 9.87. The van der Waals surface area contributed by atoms with Crippen molar-refractivity contribution in [3.05, 3.63) is 0 Å². The van der Waals surface area contributed by atoms with E-state index in [2.05, 4.69) is 5.32 Å². The van der Waals surface area contributed by atoms with E-state index in [-0.39, 0.29) is 12.5 Å².